The number of likely N-dealkylation sites (tertiary alicyclic amines) is 1. The smallest absolute Gasteiger partial charge is 0.408 e. The lowest BCUT2D eigenvalue weighted by Crippen LogP contribution is -2.41. The zero-order valence-electron chi connectivity index (χ0n) is 29.0. The fraction of sp³-hybridized carbons (Fsp3) is 0.275. The normalized spacial score (nSPS) is 21.5. The monoisotopic (exact) mass is 733 g/mol. The Bertz CT molecular complexity index is 2010. The molecule has 12 nitrogen and oxygen atoms in total. The molecule has 2 saturated heterocycles. The Balaban J connectivity index is 1.01. The molecular formula is C40H39N5O7S. The lowest BCUT2D eigenvalue weighted by molar-refractivity contribution is -0.268. The molecule has 5 aromatic rings. The predicted molar refractivity (Wildman–Crippen MR) is 196 cm³/mol. The number of rotatable bonds is 12. The van der Waals surface area contributed by atoms with Crippen molar-refractivity contribution in [2.75, 3.05) is 5.75 Å². The fourth-order valence-electron chi connectivity index (χ4n) is 6.47. The lowest BCUT2D eigenvalue weighted by atomic mass is 9.91. The Kier molecular flexibility index (Phi) is 11.3. The van der Waals surface area contributed by atoms with Crippen LogP contribution in [-0.2, 0) is 43.6 Å². The van der Waals surface area contributed by atoms with Crippen LogP contribution < -0.4 is 5.32 Å². The van der Waals surface area contributed by atoms with E-state index in [1.54, 1.807) is 11.8 Å². The highest BCUT2D eigenvalue weighted by Gasteiger charge is 2.40. The number of nitrogens with zero attached hydrogens (tertiary/aromatic N) is 3. The number of amides is 3. The first kappa shape index (κ1) is 36.0. The highest BCUT2D eigenvalue weighted by molar-refractivity contribution is 7.99. The minimum Gasteiger partial charge on any atom is -0.445 e. The summed E-state index contributed by atoms with van der Waals surface area (Å²) < 4.78 is 18.4. The second kappa shape index (κ2) is 16.6. The van der Waals surface area contributed by atoms with E-state index < -0.39 is 24.3 Å². The summed E-state index contributed by atoms with van der Waals surface area (Å²) in [6.07, 6.45) is -0.427. The molecule has 2 aliphatic rings. The minimum absolute atomic E-state index is 0.0255. The molecule has 0 bridgehead atoms. The third-order valence-electron chi connectivity index (χ3n) is 9.43. The van der Waals surface area contributed by atoms with Crippen LogP contribution in [0.2, 0.25) is 0 Å². The van der Waals surface area contributed by atoms with Gasteiger partial charge in [-0.3, -0.25) is 19.6 Å². The number of nitrogens with one attached hydrogen (secondary N) is 2. The zero-order chi connectivity index (χ0) is 36.7. The van der Waals surface area contributed by atoms with E-state index in [1.807, 2.05) is 103 Å². The summed E-state index contributed by atoms with van der Waals surface area (Å²) in [5.74, 6) is -0.162. The molecule has 3 N–H and O–H groups in total. The Morgan fingerprint density at radius 1 is 0.925 bits per heavy atom. The summed E-state index contributed by atoms with van der Waals surface area (Å²) in [5, 5.41) is 19.7. The van der Waals surface area contributed by atoms with Crippen molar-refractivity contribution in [3.05, 3.63) is 137 Å². The largest absolute Gasteiger partial charge is 0.445 e. The van der Waals surface area contributed by atoms with Gasteiger partial charge in [0, 0.05) is 17.2 Å². The summed E-state index contributed by atoms with van der Waals surface area (Å²) in [5.41, 5.74) is 6.14. The van der Waals surface area contributed by atoms with Crippen LogP contribution in [0.15, 0.2) is 115 Å². The maximum atomic E-state index is 13.2. The van der Waals surface area contributed by atoms with Crippen molar-refractivity contribution < 1.29 is 33.7 Å². The molecule has 2 aliphatic heterocycles. The third kappa shape index (κ3) is 8.66. The van der Waals surface area contributed by atoms with Gasteiger partial charge in [-0.15, -0.1) is 0 Å². The molecule has 53 heavy (non-hydrogen) atoms. The molecule has 272 valence electrons. The Morgan fingerprint density at radius 2 is 1.68 bits per heavy atom. The molecule has 0 spiro atoms. The molecule has 0 radical (unpaired) electrons. The van der Waals surface area contributed by atoms with E-state index in [0.717, 1.165) is 38.9 Å². The van der Waals surface area contributed by atoms with Crippen molar-refractivity contribution >= 4 is 29.7 Å². The van der Waals surface area contributed by atoms with Crippen molar-refractivity contribution in [3.8, 4) is 11.1 Å². The maximum absolute atomic E-state index is 13.2. The molecule has 3 amide bonds. The minimum atomic E-state index is -0.978. The fourth-order valence-corrected chi connectivity index (χ4v) is 7.41. The number of aromatic nitrogens is 3. The van der Waals surface area contributed by atoms with Gasteiger partial charge in [0.1, 0.15) is 19.0 Å². The van der Waals surface area contributed by atoms with Gasteiger partial charge in [-0.05, 0) is 39.4 Å². The number of thioether (sulfide) groups is 1. The van der Waals surface area contributed by atoms with E-state index in [1.165, 1.54) is 11.2 Å². The van der Waals surface area contributed by atoms with Crippen LogP contribution in [0.5, 0.6) is 0 Å². The molecule has 1 unspecified atom stereocenters. The Hall–Kier alpha value is -5.34. The molecule has 1 aromatic heterocycles. The maximum Gasteiger partial charge on any atom is 0.408 e. The molecule has 7 rings (SSSR count). The molecule has 0 saturated carbocycles. The number of H-pyrrole nitrogens is 1. The summed E-state index contributed by atoms with van der Waals surface area (Å²) in [4.78, 5) is 43.8. The van der Waals surface area contributed by atoms with Crippen molar-refractivity contribution in [2.24, 2.45) is 5.92 Å². The first-order valence-electron chi connectivity index (χ1n) is 17.3. The molecule has 3 heterocycles. The zero-order valence-corrected chi connectivity index (χ0v) is 29.8. The molecule has 13 heteroatoms. The standard InChI is InChI=1S/C40H39N5O7S/c1-25-34(23-53-39-41-24-42-44-39)51-38(52-36(25)30-12-10-26(21-46)11-13-30)31-16-14-29(15-17-31)32-9-5-8-28(18-32)20-45-35(47)19-33(37(45)48)43-40(49)50-22-27-6-3-2-4-7-27/h2-18,24-25,33-34,36,38,46H,19-23H2,1H3,(H,43,49)(H,41,42,44)/t25-,33?,34+,36+,38+/m1/s1. The van der Waals surface area contributed by atoms with E-state index >= 15 is 0 Å². The van der Waals surface area contributed by atoms with Gasteiger partial charge in [0.15, 0.2) is 11.4 Å². The van der Waals surface area contributed by atoms with Gasteiger partial charge in [-0.1, -0.05) is 116 Å². The molecule has 2 fully saturated rings. The Morgan fingerprint density at radius 3 is 2.42 bits per heavy atom. The quantitative estimate of drug-likeness (QED) is 0.101. The average Bonchev–Trinajstić information content (AvgIpc) is 3.81. The van der Waals surface area contributed by atoms with E-state index in [2.05, 4.69) is 27.4 Å². The van der Waals surface area contributed by atoms with Gasteiger partial charge < -0.3 is 24.6 Å². The van der Waals surface area contributed by atoms with Crippen molar-refractivity contribution in [1.82, 2.24) is 25.4 Å². The summed E-state index contributed by atoms with van der Waals surface area (Å²) >= 11 is 1.54. The highest BCUT2D eigenvalue weighted by atomic mass is 32.2. The number of alkyl carbamates (subject to hydrolysis) is 1. The topological polar surface area (TPSA) is 156 Å². The van der Waals surface area contributed by atoms with Crippen LogP contribution in [0.25, 0.3) is 11.1 Å². The Labute approximate surface area is 310 Å². The summed E-state index contributed by atoms with van der Waals surface area (Å²) in [6.45, 7) is 2.23. The molecule has 5 atom stereocenters. The molecule has 0 aliphatic carbocycles. The first-order valence-corrected chi connectivity index (χ1v) is 18.3. The van der Waals surface area contributed by atoms with Crippen LogP contribution in [0.4, 0.5) is 4.79 Å². The van der Waals surface area contributed by atoms with Crippen LogP contribution in [0.3, 0.4) is 0 Å². The van der Waals surface area contributed by atoms with E-state index in [4.69, 9.17) is 14.2 Å². The van der Waals surface area contributed by atoms with Crippen LogP contribution in [0.1, 0.15) is 53.6 Å². The highest BCUT2D eigenvalue weighted by Crippen LogP contribution is 2.43. The number of imide groups is 1. The second-order valence-corrected chi connectivity index (χ2v) is 14.0. The van der Waals surface area contributed by atoms with Crippen molar-refractivity contribution in [2.45, 2.75) is 62.8 Å². The van der Waals surface area contributed by atoms with Crippen molar-refractivity contribution in [1.29, 1.82) is 0 Å². The SMILES string of the molecule is C[C@@H]1[C@H](CSc2ncn[nH]2)O[C@H](c2ccc(-c3cccc(CN4C(=O)CC(NC(=O)OCc5ccccc5)C4=O)c3)cc2)O[C@@H]1c1ccc(CO)cc1. The van der Waals surface area contributed by atoms with Gasteiger partial charge in [-0.25, -0.2) is 9.78 Å². The number of ether oxygens (including phenoxy) is 3. The third-order valence-corrected chi connectivity index (χ3v) is 10.4. The number of aliphatic hydroxyl groups is 1. The van der Waals surface area contributed by atoms with Gasteiger partial charge in [0.25, 0.3) is 5.91 Å². The van der Waals surface area contributed by atoms with Crippen LogP contribution in [-0.4, -0.2) is 61.0 Å². The average molecular weight is 734 g/mol. The van der Waals surface area contributed by atoms with E-state index in [9.17, 15) is 19.5 Å². The summed E-state index contributed by atoms with van der Waals surface area (Å²) in [6, 6.07) is 31.7. The predicted octanol–water partition coefficient (Wildman–Crippen LogP) is 6.10. The number of aromatic amines is 1. The number of aliphatic hydroxyl groups excluding tert-OH is 1. The number of carbonyl (C=O) groups excluding carboxylic acids is 3. The number of hydrogen-bond acceptors (Lipinski definition) is 10. The van der Waals surface area contributed by atoms with Gasteiger partial charge >= 0.3 is 6.09 Å². The van der Waals surface area contributed by atoms with Crippen LogP contribution >= 0.6 is 11.8 Å². The molecular weight excluding hydrogens is 695 g/mol. The molecule has 4 aromatic carbocycles. The number of benzene rings is 4. The number of hydrogen-bond donors (Lipinski definition) is 3. The van der Waals surface area contributed by atoms with Crippen molar-refractivity contribution in [3.63, 3.8) is 0 Å². The van der Waals surface area contributed by atoms with E-state index in [-0.39, 0.29) is 50.2 Å². The number of carbonyl (C=O) groups is 3. The first-order chi connectivity index (χ1) is 25.8. The van der Waals surface area contributed by atoms with Crippen LogP contribution in [0, 0.1) is 5.92 Å². The van der Waals surface area contributed by atoms with E-state index in [0.29, 0.717) is 10.9 Å². The summed E-state index contributed by atoms with van der Waals surface area (Å²) in [7, 11) is 0. The van der Waals surface area contributed by atoms with Gasteiger partial charge in [0.2, 0.25) is 5.91 Å². The second-order valence-electron chi connectivity index (χ2n) is 13.0. The van der Waals surface area contributed by atoms with Gasteiger partial charge in [0.05, 0.1) is 31.8 Å². The lowest BCUT2D eigenvalue weighted by Gasteiger charge is -2.41. The van der Waals surface area contributed by atoms with Gasteiger partial charge in [-0.2, -0.15) is 5.10 Å².